The van der Waals surface area contributed by atoms with E-state index in [4.69, 9.17) is 0 Å². The number of hydrogen-bond acceptors (Lipinski definition) is 3. The van der Waals surface area contributed by atoms with E-state index in [1.54, 1.807) is 24.5 Å². The van der Waals surface area contributed by atoms with Crippen LogP contribution in [-0.2, 0) is 0 Å². The molecule has 1 aromatic rings. The molecular formula is C13H18N2O2. The van der Waals surface area contributed by atoms with Crippen LogP contribution in [0.25, 0.3) is 0 Å². The Hall–Kier alpha value is -1.42. The summed E-state index contributed by atoms with van der Waals surface area (Å²) in [5.74, 6) is 0.0207. The summed E-state index contributed by atoms with van der Waals surface area (Å²) in [6.07, 6.45) is 3.56. The molecule has 0 spiro atoms. The second-order valence-electron chi connectivity index (χ2n) is 5.26. The highest BCUT2D eigenvalue weighted by Crippen LogP contribution is 2.29. The van der Waals surface area contributed by atoms with Gasteiger partial charge in [0, 0.05) is 36.5 Å². The molecule has 4 nitrogen and oxygen atoms in total. The summed E-state index contributed by atoms with van der Waals surface area (Å²) in [6.45, 7) is 5.19. The molecule has 2 heterocycles. The van der Waals surface area contributed by atoms with Gasteiger partial charge in [-0.05, 0) is 18.6 Å². The van der Waals surface area contributed by atoms with Gasteiger partial charge in [-0.3, -0.25) is 9.78 Å². The summed E-state index contributed by atoms with van der Waals surface area (Å²) < 4.78 is 0. The Morgan fingerprint density at radius 1 is 1.47 bits per heavy atom. The summed E-state index contributed by atoms with van der Waals surface area (Å²) in [4.78, 5) is 17.9. The van der Waals surface area contributed by atoms with Crippen LogP contribution in [0, 0.1) is 5.41 Å². The summed E-state index contributed by atoms with van der Waals surface area (Å²) >= 11 is 0. The number of amides is 1. The summed E-state index contributed by atoms with van der Waals surface area (Å²) in [7, 11) is 0. The van der Waals surface area contributed by atoms with Crippen LogP contribution >= 0.6 is 0 Å². The molecule has 0 radical (unpaired) electrons. The number of carbonyl (C=O) groups is 1. The molecule has 1 fully saturated rings. The first-order valence-corrected chi connectivity index (χ1v) is 5.88. The van der Waals surface area contributed by atoms with Crippen LogP contribution in [0.15, 0.2) is 24.5 Å². The van der Waals surface area contributed by atoms with Crippen LogP contribution in [0.4, 0.5) is 0 Å². The normalized spacial score (nSPS) is 23.5. The lowest BCUT2D eigenvalue weighted by Gasteiger charge is -2.41. The molecule has 1 amide bonds. The second kappa shape index (κ2) is 4.45. The minimum Gasteiger partial charge on any atom is -0.392 e. The van der Waals surface area contributed by atoms with Crippen molar-refractivity contribution in [2.45, 2.75) is 26.4 Å². The molecule has 4 heteroatoms. The molecule has 92 valence electrons. The van der Waals surface area contributed by atoms with Gasteiger partial charge in [-0.2, -0.15) is 0 Å². The summed E-state index contributed by atoms with van der Waals surface area (Å²) in [5.41, 5.74) is 0.424. The van der Waals surface area contributed by atoms with Crippen molar-refractivity contribution in [3.05, 3.63) is 30.1 Å². The number of aliphatic hydroxyl groups excluding tert-OH is 1. The van der Waals surface area contributed by atoms with Gasteiger partial charge < -0.3 is 10.0 Å². The van der Waals surface area contributed by atoms with E-state index < -0.39 is 0 Å². The minimum atomic E-state index is -0.330. The van der Waals surface area contributed by atoms with Crippen LogP contribution in [0.2, 0.25) is 0 Å². The predicted octanol–water partition coefficient (Wildman–Crippen LogP) is 1.31. The van der Waals surface area contributed by atoms with E-state index in [9.17, 15) is 9.90 Å². The average Bonchev–Trinajstić information content (AvgIpc) is 2.33. The Morgan fingerprint density at radius 2 is 2.12 bits per heavy atom. The smallest absolute Gasteiger partial charge is 0.253 e. The maximum atomic E-state index is 12.2. The topological polar surface area (TPSA) is 53.4 Å². The average molecular weight is 234 g/mol. The van der Waals surface area contributed by atoms with E-state index in [0.717, 1.165) is 0 Å². The van der Waals surface area contributed by atoms with Crippen LogP contribution in [0.1, 0.15) is 30.6 Å². The fraction of sp³-hybridized carbons (Fsp3) is 0.538. The lowest BCUT2D eigenvalue weighted by Crippen LogP contribution is -2.50. The van der Waals surface area contributed by atoms with Gasteiger partial charge in [-0.15, -0.1) is 0 Å². The molecule has 1 aliphatic rings. The Bertz CT molecular complexity index is 403. The van der Waals surface area contributed by atoms with E-state index in [1.807, 2.05) is 18.7 Å². The van der Waals surface area contributed by atoms with Gasteiger partial charge in [-0.1, -0.05) is 13.8 Å². The van der Waals surface area contributed by atoms with Gasteiger partial charge >= 0.3 is 0 Å². The van der Waals surface area contributed by atoms with Crippen LogP contribution in [0.5, 0.6) is 0 Å². The number of nitrogens with zero attached hydrogens (tertiary/aromatic N) is 2. The monoisotopic (exact) mass is 234 g/mol. The van der Waals surface area contributed by atoms with Crippen molar-refractivity contribution in [1.29, 1.82) is 0 Å². The quantitative estimate of drug-likeness (QED) is 0.797. The molecule has 1 aliphatic heterocycles. The lowest BCUT2D eigenvalue weighted by molar-refractivity contribution is -0.0182. The number of piperidine rings is 1. The van der Waals surface area contributed by atoms with Crippen molar-refractivity contribution >= 4 is 5.91 Å². The second-order valence-corrected chi connectivity index (χ2v) is 5.26. The molecule has 0 aromatic carbocycles. The van der Waals surface area contributed by atoms with Crippen molar-refractivity contribution in [2.75, 3.05) is 13.1 Å². The first-order valence-electron chi connectivity index (χ1n) is 5.88. The Balaban J connectivity index is 2.12. The van der Waals surface area contributed by atoms with E-state index in [-0.39, 0.29) is 17.4 Å². The lowest BCUT2D eigenvalue weighted by atomic mass is 9.81. The number of rotatable bonds is 1. The first kappa shape index (κ1) is 12.0. The highest BCUT2D eigenvalue weighted by molar-refractivity contribution is 5.94. The van der Waals surface area contributed by atoms with E-state index >= 15 is 0 Å². The number of aliphatic hydroxyl groups is 1. The Kier molecular flexibility index (Phi) is 3.15. The maximum absolute atomic E-state index is 12.2. The number of hydrogen-bond donors (Lipinski definition) is 1. The molecular weight excluding hydrogens is 216 g/mol. The Labute approximate surface area is 101 Å². The number of aromatic nitrogens is 1. The molecule has 0 aliphatic carbocycles. The van der Waals surface area contributed by atoms with Crippen molar-refractivity contribution in [3.63, 3.8) is 0 Å². The van der Waals surface area contributed by atoms with Crippen LogP contribution in [0.3, 0.4) is 0 Å². The first-order chi connectivity index (χ1) is 8.00. The highest BCUT2D eigenvalue weighted by atomic mass is 16.3. The van der Waals surface area contributed by atoms with Crippen LogP contribution < -0.4 is 0 Å². The third-order valence-electron chi connectivity index (χ3n) is 3.39. The third-order valence-corrected chi connectivity index (χ3v) is 3.39. The summed E-state index contributed by atoms with van der Waals surface area (Å²) in [5, 5.41) is 9.86. The fourth-order valence-corrected chi connectivity index (χ4v) is 2.20. The van der Waals surface area contributed by atoms with Gasteiger partial charge in [0.05, 0.1) is 6.10 Å². The molecule has 0 bridgehead atoms. The fourth-order valence-electron chi connectivity index (χ4n) is 2.20. The largest absolute Gasteiger partial charge is 0.392 e. The Morgan fingerprint density at radius 3 is 2.71 bits per heavy atom. The minimum absolute atomic E-state index is 0.0207. The van der Waals surface area contributed by atoms with Crippen molar-refractivity contribution < 1.29 is 9.90 Å². The molecule has 1 saturated heterocycles. The molecule has 1 atom stereocenters. The SMILES string of the molecule is CC1(C)CN(C(=O)c2ccncc2)CCC1O. The molecule has 0 saturated carbocycles. The zero-order chi connectivity index (χ0) is 12.5. The van der Waals surface area contributed by atoms with Crippen molar-refractivity contribution in [1.82, 2.24) is 9.88 Å². The maximum Gasteiger partial charge on any atom is 0.253 e. The molecule has 17 heavy (non-hydrogen) atoms. The molecule has 2 rings (SSSR count). The van der Waals surface area contributed by atoms with Crippen LogP contribution in [-0.4, -0.2) is 40.1 Å². The molecule has 1 unspecified atom stereocenters. The van der Waals surface area contributed by atoms with Gasteiger partial charge in [0.2, 0.25) is 0 Å². The van der Waals surface area contributed by atoms with E-state index in [0.29, 0.717) is 25.1 Å². The molecule has 1 N–H and O–H groups in total. The van der Waals surface area contributed by atoms with E-state index in [1.165, 1.54) is 0 Å². The van der Waals surface area contributed by atoms with Gasteiger partial charge in [0.15, 0.2) is 0 Å². The van der Waals surface area contributed by atoms with Gasteiger partial charge in [0.25, 0.3) is 5.91 Å². The zero-order valence-corrected chi connectivity index (χ0v) is 10.3. The number of pyridine rings is 1. The highest BCUT2D eigenvalue weighted by Gasteiger charge is 2.36. The van der Waals surface area contributed by atoms with Crippen molar-refractivity contribution in [2.24, 2.45) is 5.41 Å². The standard InChI is InChI=1S/C13H18N2O2/c1-13(2)9-15(8-5-11(13)16)12(17)10-3-6-14-7-4-10/h3-4,6-7,11,16H,5,8-9H2,1-2H3. The third kappa shape index (κ3) is 2.47. The number of carbonyl (C=O) groups excluding carboxylic acids is 1. The summed E-state index contributed by atoms with van der Waals surface area (Å²) in [6, 6.07) is 3.45. The molecule has 1 aromatic heterocycles. The zero-order valence-electron chi connectivity index (χ0n) is 10.3. The predicted molar refractivity (Wildman–Crippen MR) is 64.5 cm³/mol. The van der Waals surface area contributed by atoms with Gasteiger partial charge in [0.1, 0.15) is 0 Å². The van der Waals surface area contributed by atoms with Gasteiger partial charge in [-0.25, -0.2) is 0 Å². The van der Waals surface area contributed by atoms with Crippen molar-refractivity contribution in [3.8, 4) is 0 Å². The number of likely N-dealkylation sites (tertiary alicyclic amines) is 1. The van der Waals surface area contributed by atoms with E-state index in [2.05, 4.69) is 4.98 Å².